The molecule has 5 heteroatoms. The van der Waals surface area contributed by atoms with Gasteiger partial charge in [0.1, 0.15) is 0 Å². The van der Waals surface area contributed by atoms with E-state index in [4.69, 9.17) is 0 Å². The molecule has 302 valence electrons. The van der Waals surface area contributed by atoms with Crippen LogP contribution < -0.4 is 0 Å². The molecule has 0 atom stereocenters. The van der Waals surface area contributed by atoms with Gasteiger partial charge in [-0.25, -0.2) is 0 Å². The molecule has 0 aliphatic rings. The standard InChI is InChI=1S/C60H36N4S/c1-7-20-49-40(14-1)41-15-2-8-21-50(41)61(49)37-28-31-55-46(34-37)44-18-5-11-24-53(44)63(55)39-30-33-58-48(36-39)60-57(26-13-27-59(60)65-58)64-54-25-12-6-19-45(54)47-35-38(29-32-56(47)64)62-51-22-9-3-16-42(51)43-17-4-10-23-52(43)62/h1-36H. The Morgan fingerprint density at radius 2 is 0.569 bits per heavy atom. The summed E-state index contributed by atoms with van der Waals surface area (Å²) < 4.78 is 12.4. The summed E-state index contributed by atoms with van der Waals surface area (Å²) in [4.78, 5) is 0. The van der Waals surface area contributed by atoms with Crippen LogP contribution in [0.4, 0.5) is 0 Å². The van der Waals surface area contributed by atoms with E-state index < -0.39 is 0 Å². The fourth-order valence-electron chi connectivity index (χ4n) is 11.3. The topological polar surface area (TPSA) is 19.7 Å². The average molecular weight is 845 g/mol. The van der Waals surface area contributed by atoms with Gasteiger partial charge in [0.2, 0.25) is 0 Å². The van der Waals surface area contributed by atoms with E-state index in [0.717, 1.165) is 17.1 Å². The second kappa shape index (κ2) is 13.1. The molecule has 5 heterocycles. The summed E-state index contributed by atoms with van der Waals surface area (Å²) in [5, 5.41) is 12.6. The van der Waals surface area contributed by atoms with Gasteiger partial charge in [-0.1, -0.05) is 115 Å². The first-order chi connectivity index (χ1) is 32.3. The van der Waals surface area contributed by atoms with Crippen LogP contribution >= 0.6 is 11.3 Å². The molecule has 5 aromatic heterocycles. The SMILES string of the molecule is c1cc(-n2c3ccccc3c3cc(-n4c5ccccc5c5ccccc54)ccc32)c2c(c1)sc1ccc(-n3c4ccccc4c4cc(-n5c6ccccc6c6ccccc65)ccc43)cc12. The third-order valence-electron chi connectivity index (χ3n) is 13.9. The molecule has 0 fully saturated rings. The van der Waals surface area contributed by atoms with E-state index >= 15 is 0 Å². The van der Waals surface area contributed by atoms with Crippen LogP contribution in [0.25, 0.3) is 130 Å². The quantitative estimate of drug-likeness (QED) is 0.168. The zero-order chi connectivity index (χ0) is 42.3. The van der Waals surface area contributed by atoms with Gasteiger partial charge in [-0.2, -0.15) is 0 Å². The largest absolute Gasteiger partial charge is 0.309 e. The Labute approximate surface area is 376 Å². The maximum Gasteiger partial charge on any atom is 0.0555 e. The minimum absolute atomic E-state index is 1.15. The minimum Gasteiger partial charge on any atom is -0.309 e. The molecule has 0 N–H and O–H groups in total. The normalized spacial score (nSPS) is 12.3. The summed E-state index contributed by atoms with van der Waals surface area (Å²) in [6.07, 6.45) is 0. The number of aromatic nitrogens is 4. The molecule has 15 rings (SSSR count). The summed E-state index contributed by atoms with van der Waals surface area (Å²) in [6, 6.07) is 80.7. The van der Waals surface area contributed by atoms with Crippen LogP contribution in [0.3, 0.4) is 0 Å². The van der Waals surface area contributed by atoms with Crippen LogP contribution in [0.2, 0.25) is 0 Å². The van der Waals surface area contributed by atoms with E-state index in [1.54, 1.807) is 0 Å². The van der Waals surface area contributed by atoms with Gasteiger partial charge in [0, 0.05) is 80.3 Å². The van der Waals surface area contributed by atoms with Crippen LogP contribution in [-0.4, -0.2) is 18.3 Å². The lowest BCUT2D eigenvalue weighted by Gasteiger charge is -2.12. The number of para-hydroxylation sites is 6. The van der Waals surface area contributed by atoms with Gasteiger partial charge in [0.05, 0.1) is 49.8 Å². The molecular weight excluding hydrogens is 809 g/mol. The fourth-order valence-corrected chi connectivity index (χ4v) is 12.4. The Balaban J connectivity index is 0.939. The number of rotatable bonds is 4. The predicted molar refractivity (Wildman–Crippen MR) is 277 cm³/mol. The van der Waals surface area contributed by atoms with Gasteiger partial charge in [-0.15, -0.1) is 11.3 Å². The molecule has 0 saturated carbocycles. The number of hydrogen-bond acceptors (Lipinski definition) is 1. The highest BCUT2D eigenvalue weighted by molar-refractivity contribution is 7.25. The third kappa shape index (κ3) is 4.79. The van der Waals surface area contributed by atoms with Crippen molar-refractivity contribution >= 4 is 119 Å². The van der Waals surface area contributed by atoms with E-state index in [-0.39, 0.29) is 0 Å². The summed E-state index contributed by atoms with van der Waals surface area (Å²) in [7, 11) is 0. The van der Waals surface area contributed by atoms with Crippen LogP contribution in [0, 0.1) is 0 Å². The smallest absolute Gasteiger partial charge is 0.0555 e. The Morgan fingerprint density at radius 1 is 0.231 bits per heavy atom. The molecule has 0 aliphatic carbocycles. The molecule has 4 nitrogen and oxygen atoms in total. The summed E-state index contributed by atoms with van der Waals surface area (Å²) in [6.45, 7) is 0. The fraction of sp³-hybridized carbons (Fsp3) is 0. The lowest BCUT2D eigenvalue weighted by atomic mass is 10.1. The second-order valence-electron chi connectivity index (χ2n) is 17.3. The van der Waals surface area contributed by atoms with Crippen LogP contribution in [-0.2, 0) is 0 Å². The molecule has 0 unspecified atom stereocenters. The van der Waals surface area contributed by atoms with Crippen molar-refractivity contribution in [3.63, 3.8) is 0 Å². The average Bonchev–Trinajstić information content (AvgIpc) is 4.16. The molecule has 65 heavy (non-hydrogen) atoms. The van der Waals surface area contributed by atoms with Crippen LogP contribution in [0.1, 0.15) is 0 Å². The van der Waals surface area contributed by atoms with E-state index in [9.17, 15) is 0 Å². The lowest BCUT2D eigenvalue weighted by Crippen LogP contribution is -1.97. The summed E-state index contributed by atoms with van der Waals surface area (Å²) in [5.41, 5.74) is 14.3. The molecule has 0 bridgehead atoms. The molecule has 0 radical (unpaired) electrons. The lowest BCUT2D eigenvalue weighted by molar-refractivity contribution is 1.17. The zero-order valence-electron chi connectivity index (χ0n) is 35.0. The van der Waals surface area contributed by atoms with Crippen LogP contribution in [0.5, 0.6) is 0 Å². The molecular formula is C60H36N4S. The number of thiophene rings is 1. The van der Waals surface area contributed by atoms with Crippen molar-refractivity contribution < 1.29 is 0 Å². The summed E-state index contributed by atoms with van der Waals surface area (Å²) >= 11 is 1.87. The molecule has 0 amide bonds. The third-order valence-corrected chi connectivity index (χ3v) is 15.1. The minimum atomic E-state index is 1.15. The Bertz CT molecular complexity index is 4380. The maximum absolute atomic E-state index is 2.50. The van der Waals surface area contributed by atoms with Crippen molar-refractivity contribution in [3.8, 4) is 22.7 Å². The molecule has 10 aromatic carbocycles. The van der Waals surface area contributed by atoms with Gasteiger partial charge in [0.15, 0.2) is 0 Å². The van der Waals surface area contributed by atoms with Crippen molar-refractivity contribution in [2.45, 2.75) is 0 Å². The van der Waals surface area contributed by atoms with E-state index in [1.807, 2.05) is 11.3 Å². The van der Waals surface area contributed by atoms with Crippen LogP contribution in [0.15, 0.2) is 218 Å². The highest BCUT2D eigenvalue weighted by Gasteiger charge is 2.21. The molecule has 0 saturated heterocycles. The van der Waals surface area contributed by atoms with Crippen molar-refractivity contribution in [1.29, 1.82) is 0 Å². The molecule has 0 aliphatic heterocycles. The summed E-state index contributed by atoms with van der Waals surface area (Å²) in [5.74, 6) is 0. The van der Waals surface area contributed by atoms with E-state index in [2.05, 4.69) is 237 Å². The highest BCUT2D eigenvalue weighted by atomic mass is 32.1. The van der Waals surface area contributed by atoms with Gasteiger partial charge >= 0.3 is 0 Å². The predicted octanol–water partition coefficient (Wildman–Crippen LogP) is 16.4. The highest BCUT2D eigenvalue weighted by Crippen LogP contribution is 2.44. The van der Waals surface area contributed by atoms with Crippen molar-refractivity contribution in [3.05, 3.63) is 218 Å². The van der Waals surface area contributed by atoms with Gasteiger partial charge in [-0.05, 0) is 103 Å². The number of nitrogens with zero attached hydrogens (tertiary/aromatic N) is 4. The first-order valence-electron chi connectivity index (χ1n) is 22.3. The Kier molecular flexibility index (Phi) is 7.07. The monoisotopic (exact) mass is 844 g/mol. The van der Waals surface area contributed by atoms with Crippen molar-refractivity contribution in [2.24, 2.45) is 0 Å². The zero-order valence-corrected chi connectivity index (χ0v) is 35.8. The van der Waals surface area contributed by atoms with Gasteiger partial charge < -0.3 is 18.3 Å². The maximum atomic E-state index is 2.50. The number of benzene rings is 10. The van der Waals surface area contributed by atoms with E-state index in [0.29, 0.717) is 0 Å². The van der Waals surface area contributed by atoms with Gasteiger partial charge in [0.25, 0.3) is 0 Å². The molecule has 15 aromatic rings. The van der Waals surface area contributed by atoms with Gasteiger partial charge in [-0.3, -0.25) is 0 Å². The molecule has 0 spiro atoms. The Morgan fingerprint density at radius 3 is 1.02 bits per heavy atom. The first-order valence-corrected chi connectivity index (χ1v) is 23.1. The van der Waals surface area contributed by atoms with Crippen molar-refractivity contribution in [2.75, 3.05) is 0 Å². The first kappa shape index (κ1) is 35.1. The van der Waals surface area contributed by atoms with Crippen molar-refractivity contribution in [1.82, 2.24) is 18.3 Å². The van der Waals surface area contributed by atoms with E-state index in [1.165, 1.54) is 113 Å². The number of hydrogen-bond donors (Lipinski definition) is 0. The second-order valence-corrected chi connectivity index (χ2v) is 18.4. The number of fused-ring (bicyclic) bond motifs is 15. The Hall–Kier alpha value is -8.38.